The fourth-order valence-corrected chi connectivity index (χ4v) is 4.49. The average molecular weight is 421 g/mol. The first kappa shape index (κ1) is 19.1. The van der Waals surface area contributed by atoms with Crippen molar-refractivity contribution in [2.45, 2.75) is 37.6 Å². The number of carbonyl (C=O) groups is 1. The minimum atomic E-state index is -0.152. The van der Waals surface area contributed by atoms with Crippen LogP contribution in [0.1, 0.15) is 19.8 Å². The van der Waals surface area contributed by atoms with E-state index < -0.39 is 0 Å². The predicted octanol–water partition coefficient (Wildman–Crippen LogP) is 2.59. The van der Waals surface area contributed by atoms with E-state index in [-0.39, 0.29) is 17.8 Å². The van der Waals surface area contributed by atoms with Crippen LogP contribution >= 0.6 is 23.1 Å². The summed E-state index contributed by atoms with van der Waals surface area (Å²) in [5.41, 5.74) is 0.830. The summed E-state index contributed by atoms with van der Waals surface area (Å²) in [6.07, 6.45) is 2.21. The lowest BCUT2D eigenvalue weighted by atomic mass is 10.2. The number of anilines is 1. The van der Waals surface area contributed by atoms with Gasteiger partial charge in [-0.15, -0.1) is 5.10 Å². The highest BCUT2D eigenvalue weighted by Crippen LogP contribution is 2.29. The van der Waals surface area contributed by atoms with E-state index in [2.05, 4.69) is 25.8 Å². The molecule has 1 unspecified atom stereocenters. The molecule has 9 nitrogen and oxygen atoms in total. The van der Waals surface area contributed by atoms with Crippen molar-refractivity contribution in [2.75, 3.05) is 24.3 Å². The topological polar surface area (TPSA) is 104 Å². The van der Waals surface area contributed by atoms with Gasteiger partial charge in [0.15, 0.2) is 5.13 Å². The van der Waals surface area contributed by atoms with Gasteiger partial charge < -0.3 is 14.8 Å². The van der Waals surface area contributed by atoms with Crippen LogP contribution in [0.2, 0.25) is 0 Å². The Labute approximate surface area is 169 Å². The van der Waals surface area contributed by atoms with Gasteiger partial charge >= 0.3 is 0 Å². The summed E-state index contributed by atoms with van der Waals surface area (Å²) in [5.74, 6) is 0.845. The first-order valence-corrected chi connectivity index (χ1v) is 10.9. The second-order valence-electron chi connectivity index (χ2n) is 6.20. The van der Waals surface area contributed by atoms with Crippen molar-refractivity contribution in [3.8, 4) is 5.75 Å². The second-order valence-corrected chi connectivity index (χ2v) is 8.17. The Morgan fingerprint density at radius 3 is 3.25 bits per heavy atom. The van der Waals surface area contributed by atoms with Gasteiger partial charge in [0.25, 0.3) is 0 Å². The zero-order valence-electron chi connectivity index (χ0n) is 15.3. The van der Waals surface area contributed by atoms with E-state index in [0.717, 1.165) is 35.4 Å². The van der Waals surface area contributed by atoms with Crippen LogP contribution in [0.4, 0.5) is 5.13 Å². The highest BCUT2D eigenvalue weighted by atomic mass is 32.2. The summed E-state index contributed by atoms with van der Waals surface area (Å²) in [5, 5.41) is 15.7. The number of hydrogen-bond donors (Lipinski definition) is 1. The van der Waals surface area contributed by atoms with Crippen LogP contribution in [0.3, 0.4) is 0 Å². The standard InChI is InChI=1S/C17H20N6O3S2/c1-2-25-11-5-6-13-14(8-11)28-16(18-13)19-15(24)10-27-17-20-21-22-23(17)9-12-4-3-7-26-12/h5-6,8,12H,2-4,7,9-10H2,1H3,(H,18,19,24). The highest BCUT2D eigenvalue weighted by molar-refractivity contribution is 7.99. The number of thiazole rings is 1. The Bertz CT molecular complexity index is 953. The molecule has 0 bridgehead atoms. The molecular weight excluding hydrogens is 400 g/mol. The molecule has 2 aromatic heterocycles. The number of benzene rings is 1. The fraction of sp³-hybridized carbons (Fsp3) is 0.471. The first-order valence-electron chi connectivity index (χ1n) is 9.05. The normalized spacial score (nSPS) is 16.5. The molecule has 28 heavy (non-hydrogen) atoms. The number of aromatic nitrogens is 5. The molecule has 1 aromatic carbocycles. The Morgan fingerprint density at radius 2 is 2.43 bits per heavy atom. The van der Waals surface area contributed by atoms with E-state index in [9.17, 15) is 4.79 Å². The molecule has 1 N–H and O–H groups in total. The van der Waals surface area contributed by atoms with Crippen molar-refractivity contribution in [3.63, 3.8) is 0 Å². The molecule has 4 rings (SSSR count). The largest absolute Gasteiger partial charge is 0.494 e. The minimum Gasteiger partial charge on any atom is -0.494 e. The van der Waals surface area contributed by atoms with E-state index in [1.54, 1.807) is 4.68 Å². The Kier molecular flexibility index (Phi) is 6.03. The molecule has 3 heterocycles. The molecule has 1 amide bonds. The van der Waals surface area contributed by atoms with Gasteiger partial charge in [-0.1, -0.05) is 23.1 Å². The molecule has 0 aliphatic carbocycles. The van der Waals surface area contributed by atoms with Crippen LogP contribution in [-0.4, -0.2) is 56.2 Å². The monoisotopic (exact) mass is 420 g/mol. The number of carbonyl (C=O) groups excluding carboxylic acids is 1. The average Bonchev–Trinajstić information content (AvgIpc) is 3.41. The third-order valence-corrected chi connectivity index (χ3v) is 6.04. The zero-order chi connectivity index (χ0) is 19.3. The Hall–Kier alpha value is -2.24. The van der Waals surface area contributed by atoms with E-state index in [1.807, 2.05) is 25.1 Å². The van der Waals surface area contributed by atoms with Gasteiger partial charge in [-0.25, -0.2) is 9.67 Å². The molecule has 148 valence electrons. The van der Waals surface area contributed by atoms with Crippen LogP contribution < -0.4 is 10.1 Å². The quantitative estimate of drug-likeness (QED) is 0.555. The molecule has 1 saturated heterocycles. The van der Waals surface area contributed by atoms with E-state index in [4.69, 9.17) is 9.47 Å². The number of hydrogen-bond acceptors (Lipinski definition) is 9. The van der Waals surface area contributed by atoms with Gasteiger partial charge in [0.2, 0.25) is 11.1 Å². The molecule has 0 radical (unpaired) electrons. The lowest BCUT2D eigenvalue weighted by Crippen LogP contribution is -2.18. The molecule has 0 spiro atoms. The van der Waals surface area contributed by atoms with E-state index >= 15 is 0 Å². The molecule has 1 fully saturated rings. The predicted molar refractivity (Wildman–Crippen MR) is 107 cm³/mol. The van der Waals surface area contributed by atoms with Gasteiger partial charge in [-0.3, -0.25) is 4.79 Å². The summed E-state index contributed by atoms with van der Waals surface area (Å²) in [6.45, 7) is 3.94. The van der Waals surface area contributed by atoms with E-state index in [1.165, 1.54) is 23.1 Å². The molecular formula is C17H20N6O3S2. The van der Waals surface area contributed by atoms with Crippen molar-refractivity contribution in [3.05, 3.63) is 18.2 Å². The first-order chi connectivity index (χ1) is 13.7. The third kappa shape index (κ3) is 4.59. The van der Waals surface area contributed by atoms with Gasteiger partial charge in [-0.2, -0.15) is 0 Å². The van der Waals surface area contributed by atoms with Gasteiger partial charge in [0.05, 0.1) is 35.2 Å². The van der Waals surface area contributed by atoms with Crippen molar-refractivity contribution >= 4 is 44.4 Å². The number of fused-ring (bicyclic) bond motifs is 1. The number of ether oxygens (including phenoxy) is 2. The van der Waals surface area contributed by atoms with Crippen LogP contribution in [0.15, 0.2) is 23.4 Å². The smallest absolute Gasteiger partial charge is 0.236 e. The van der Waals surface area contributed by atoms with Crippen LogP contribution in [-0.2, 0) is 16.1 Å². The maximum Gasteiger partial charge on any atom is 0.236 e. The Morgan fingerprint density at radius 1 is 1.50 bits per heavy atom. The molecule has 1 aliphatic heterocycles. The van der Waals surface area contributed by atoms with Crippen LogP contribution in [0.5, 0.6) is 5.75 Å². The number of rotatable bonds is 8. The van der Waals surface area contributed by atoms with Gasteiger partial charge in [-0.05, 0) is 48.4 Å². The van der Waals surface area contributed by atoms with Crippen molar-refractivity contribution in [2.24, 2.45) is 0 Å². The number of thioether (sulfide) groups is 1. The van der Waals surface area contributed by atoms with Gasteiger partial charge in [0.1, 0.15) is 5.75 Å². The third-order valence-electron chi connectivity index (χ3n) is 4.15. The number of tetrazole rings is 1. The molecule has 1 atom stereocenters. The highest BCUT2D eigenvalue weighted by Gasteiger charge is 2.19. The van der Waals surface area contributed by atoms with Gasteiger partial charge in [0, 0.05) is 6.61 Å². The summed E-state index contributed by atoms with van der Waals surface area (Å²) in [6, 6.07) is 5.70. The number of amides is 1. The molecule has 3 aromatic rings. The minimum absolute atomic E-state index is 0.140. The van der Waals surface area contributed by atoms with E-state index in [0.29, 0.717) is 23.4 Å². The van der Waals surface area contributed by atoms with Crippen molar-refractivity contribution < 1.29 is 14.3 Å². The maximum atomic E-state index is 12.3. The zero-order valence-corrected chi connectivity index (χ0v) is 17.0. The Balaban J connectivity index is 1.33. The van der Waals surface area contributed by atoms with Crippen molar-refractivity contribution in [1.82, 2.24) is 25.2 Å². The molecule has 1 aliphatic rings. The fourth-order valence-electron chi connectivity index (χ4n) is 2.90. The summed E-state index contributed by atoms with van der Waals surface area (Å²) >= 11 is 2.72. The summed E-state index contributed by atoms with van der Waals surface area (Å²) in [7, 11) is 0. The van der Waals surface area contributed by atoms with Crippen molar-refractivity contribution in [1.29, 1.82) is 0 Å². The lowest BCUT2D eigenvalue weighted by Gasteiger charge is -2.09. The van der Waals surface area contributed by atoms with Crippen LogP contribution in [0, 0.1) is 0 Å². The summed E-state index contributed by atoms with van der Waals surface area (Å²) in [4.78, 5) is 16.8. The maximum absolute atomic E-state index is 12.3. The summed E-state index contributed by atoms with van der Waals surface area (Å²) < 4.78 is 13.8. The second kappa shape index (κ2) is 8.84. The SMILES string of the molecule is CCOc1ccc2nc(NC(=O)CSc3nnnn3CC3CCCO3)sc2c1. The van der Waals surface area contributed by atoms with Crippen LogP contribution in [0.25, 0.3) is 10.2 Å². The number of nitrogens with one attached hydrogen (secondary N) is 1. The molecule has 0 saturated carbocycles. The molecule has 11 heteroatoms. The number of nitrogens with zero attached hydrogens (tertiary/aromatic N) is 5. The lowest BCUT2D eigenvalue weighted by molar-refractivity contribution is -0.113.